The Morgan fingerprint density at radius 1 is 1.12 bits per heavy atom. The van der Waals surface area contributed by atoms with E-state index in [-0.39, 0.29) is 30.5 Å². The molecule has 1 fully saturated rings. The SMILES string of the molecule is O=C(O)CCCCCC[C@@H]1C(=O)C[C@@H](O)[C@H]1C=Cc1cc(Cl)cc(Cl)c1. The van der Waals surface area contributed by atoms with Crippen molar-refractivity contribution >= 4 is 41.0 Å². The Labute approximate surface area is 163 Å². The van der Waals surface area contributed by atoms with Crippen LogP contribution in [0.15, 0.2) is 24.3 Å². The molecule has 1 aromatic carbocycles. The van der Waals surface area contributed by atoms with Crippen LogP contribution in [0.25, 0.3) is 6.08 Å². The van der Waals surface area contributed by atoms with Crippen LogP contribution in [0, 0.1) is 11.8 Å². The number of carboxylic acid groups (broad SMARTS) is 1. The van der Waals surface area contributed by atoms with Gasteiger partial charge < -0.3 is 10.2 Å². The summed E-state index contributed by atoms with van der Waals surface area (Å²) in [6.07, 6.45) is 7.43. The second-order valence-electron chi connectivity index (χ2n) is 6.83. The van der Waals surface area contributed by atoms with E-state index in [0.29, 0.717) is 22.9 Å². The number of aliphatic carboxylic acids is 1. The number of carboxylic acids is 1. The minimum absolute atomic E-state index is 0.0989. The second-order valence-corrected chi connectivity index (χ2v) is 7.70. The van der Waals surface area contributed by atoms with Crippen molar-refractivity contribution in [3.05, 3.63) is 39.9 Å². The Bertz CT molecular complexity index is 652. The third-order valence-corrected chi connectivity index (χ3v) is 5.22. The molecule has 26 heavy (non-hydrogen) atoms. The molecule has 0 unspecified atom stereocenters. The number of hydrogen-bond donors (Lipinski definition) is 2. The van der Waals surface area contributed by atoms with Gasteiger partial charge >= 0.3 is 5.97 Å². The lowest BCUT2D eigenvalue weighted by Gasteiger charge is -2.17. The fourth-order valence-corrected chi connectivity index (χ4v) is 4.02. The molecule has 4 nitrogen and oxygen atoms in total. The average molecular weight is 399 g/mol. The summed E-state index contributed by atoms with van der Waals surface area (Å²) in [5, 5.41) is 19.9. The predicted octanol–water partition coefficient (Wildman–Crippen LogP) is 5.00. The van der Waals surface area contributed by atoms with Crippen LogP contribution in [-0.4, -0.2) is 28.1 Å². The first-order chi connectivity index (χ1) is 12.4. The van der Waals surface area contributed by atoms with Crippen molar-refractivity contribution in [2.24, 2.45) is 11.8 Å². The standard InChI is InChI=1S/C20H24Cl2O4/c21-14-9-13(10-15(22)11-14)7-8-17-16(18(23)12-19(17)24)5-3-1-2-4-6-20(25)26/h7-11,16-17,19,24H,1-6,12H2,(H,25,26)/t16-,17-,19+/m0/s1. The topological polar surface area (TPSA) is 74.6 Å². The summed E-state index contributed by atoms with van der Waals surface area (Å²) in [5.74, 6) is -1.07. The maximum Gasteiger partial charge on any atom is 0.303 e. The van der Waals surface area contributed by atoms with Crippen LogP contribution < -0.4 is 0 Å². The van der Waals surface area contributed by atoms with Crippen molar-refractivity contribution in [1.82, 2.24) is 0 Å². The van der Waals surface area contributed by atoms with Gasteiger partial charge in [-0.15, -0.1) is 0 Å². The maximum atomic E-state index is 12.2. The molecule has 3 atom stereocenters. The molecule has 0 aliphatic heterocycles. The summed E-state index contributed by atoms with van der Waals surface area (Å²) in [6.45, 7) is 0. The molecule has 2 rings (SSSR count). The number of ketones is 1. The van der Waals surface area contributed by atoms with E-state index in [2.05, 4.69) is 0 Å². The van der Waals surface area contributed by atoms with Gasteiger partial charge in [0.1, 0.15) is 5.78 Å². The Morgan fingerprint density at radius 2 is 1.77 bits per heavy atom. The summed E-state index contributed by atoms with van der Waals surface area (Å²) >= 11 is 12.0. The third kappa shape index (κ3) is 6.42. The molecule has 2 N–H and O–H groups in total. The highest BCUT2D eigenvalue weighted by molar-refractivity contribution is 6.34. The molecule has 1 saturated carbocycles. The van der Waals surface area contributed by atoms with Gasteiger partial charge in [-0.1, -0.05) is 54.6 Å². The smallest absolute Gasteiger partial charge is 0.303 e. The lowest BCUT2D eigenvalue weighted by molar-refractivity contribution is -0.137. The fourth-order valence-electron chi connectivity index (χ4n) is 3.48. The molecule has 1 aliphatic carbocycles. The van der Waals surface area contributed by atoms with E-state index in [4.69, 9.17) is 28.3 Å². The number of aliphatic hydroxyl groups excluding tert-OH is 1. The molecule has 1 aliphatic rings. The predicted molar refractivity (Wildman–Crippen MR) is 103 cm³/mol. The first-order valence-corrected chi connectivity index (χ1v) is 9.69. The van der Waals surface area contributed by atoms with Gasteiger partial charge in [0.15, 0.2) is 0 Å². The van der Waals surface area contributed by atoms with E-state index < -0.39 is 12.1 Å². The van der Waals surface area contributed by atoms with E-state index in [1.54, 1.807) is 18.2 Å². The number of Topliss-reactive ketones (excluding diaryl/α,β-unsaturated/α-hetero) is 1. The van der Waals surface area contributed by atoms with Crippen LogP contribution in [0.3, 0.4) is 0 Å². The van der Waals surface area contributed by atoms with E-state index >= 15 is 0 Å². The molecular weight excluding hydrogens is 375 g/mol. The molecule has 0 aromatic heterocycles. The number of aliphatic hydroxyl groups is 1. The zero-order valence-corrected chi connectivity index (χ0v) is 16.0. The first kappa shape index (κ1) is 20.9. The number of carbonyl (C=O) groups excluding carboxylic acids is 1. The van der Waals surface area contributed by atoms with E-state index in [1.807, 2.05) is 12.2 Å². The highest BCUT2D eigenvalue weighted by Gasteiger charge is 2.39. The lowest BCUT2D eigenvalue weighted by Crippen LogP contribution is -2.18. The van der Waals surface area contributed by atoms with Gasteiger partial charge in [-0.2, -0.15) is 0 Å². The minimum atomic E-state index is -0.773. The second kappa shape index (κ2) is 10.1. The Kier molecular flexibility index (Phi) is 8.14. The van der Waals surface area contributed by atoms with E-state index in [9.17, 15) is 14.7 Å². The zero-order valence-electron chi connectivity index (χ0n) is 14.5. The van der Waals surface area contributed by atoms with Crippen LogP contribution in [0.2, 0.25) is 10.0 Å². The molecule has 1 aromatic rings. The van der Waals surface area contributed by atoms with Crippen molar-refractivity contribution in [2.75, 3.05) is 0 Å². The van der Waals surface area contributed by atoms with Gasteiger partial charge in [0.25, 0.3) is 0 Å². The van der Waals surface area contributed by atoms with Crippen molar-refractivity contribution in [1.29, 1.82) is 0 Å². The Balaban J connectivity index is 1.91. The minimum Gasteiger partial charge on any atom is -0.481 e. The number of halogens is 2. The summed E-state index contributed by atoms with van der Waals surface area (Å²) in [7, 11) is 0. The molecule has 142 valence electrons. The van der Waals surface area contributed by atoms with E-state index in [1.165, 1.54) is 0 Å². The van der Waals surface area contributed by atoms with Gasteiger partial charge in [0.2, 0.25) is 0 Å². The van der Waals surface area contributed by atoms with Crippen LogP contribution in [0.4, 0.5) is 0 Å². The number of rotatable bonds is 9. The van der Waals surface area contributed by atoms with Crippen LogP contribution in [0.5, 0.6) is 0 Å². The van der Waals surface area contributed by atoms with Gasteiger partial charge in [0.05, 0.1) is 6.10 Å². The molecule has 0 heterocycles. The highest BCUT2D eigenvalue weighted by Crippen LogP contribution is 2.35. The quantitative estimate of drug-likeness (QED) is 0.573. The Hall–Kier alpha value is -1.36. The molecule has 0 radical (unpaired) electrons. The number of unbranched alkanes of at least 4 members (excludes halogenated alkanes) is 3. The fraction of sp³-hybridized carbons (Fsp3) is 0.500. The van der Waals surface area contributed by atoms with Crippen molar-refractivity contribution < 1.29 is 19.8 Å². The van der Waals surface area contributed by atoms with Gasteiger partial charge in [0, 0.05) is 34.7 Å². The lowest BCUT2D eigenvalue weighted by atomic mass is 9.88. The van der Waals surface area contributed by atoms with Crippen molar-refractivity contribution in [2.45, 2.75) is 51.0 Å². The molecule has 0 bridgehead atoms. The summed E-state index contributed by atoms with van der Waals surface area (Å²) in [6, 6.07) is 5.22. The van der Waals surface area contributed by atoms with E-state index in [0.717, 1.165) is 24.8 Å². The number of carbonyl (C=O) groups is 2. The van der Waals surface area contributed by atoms with Crippen LogP contribution in [0.1, 0.15) is 50.5 Å². The monoisotopic (exact) mass is 398 g/mol. The molecular formula is C20H24Cl2O4. The number of hydrogen-bond acceptors (Lipinski definition) is 3. The van der Waals surface area contributed by atoms with Crippen LogP contribution >= 0.6 is 23.2 Å². The first-order valence-electron chi connectivity index (χ1n) is 8.93. The number of benzene rings is 1. The average Bonchev–Trinajstić information content (AvgIpc) is 2.81. The molecule has 0 amide bonds. The van der Waals surface area contributed by atoms with Crippen molar-refractivity contribution in [3.63, 3.8) is 0 Å². The van der Waals surface area contributed by atoms with Crippen molar-refractivity contribution in [3.8, 4) is 0 Å². The summed E-state index contributed by atoms with van der Waals surface area (Å²) in [4.78, 5) is 22.7. The molecule has 0 saturated heterocycles. The normalized spacial score (nSPS) is 23.0. The molecule has 6 heteroatoms. The van der Waals surface area contributed by atoms with Crippen LogP contribution in [-0.2, 0) is 9.59 Å². The molecule has 0 spiro atoms. The largest absolute Gasteiger partial charge is 0.481 e. The van der Waals surface area contributed by atoms with Gasteiger partial charge in [-0.3, -0.25) is 9.59 Å². The van der Waals surface area contributed by atoms with Gasteiger partial charge in [-0.05, 0) is 36.6 Å². The summed E-state index contributed by atoms with van der Waals surface area (Å²) in [5.41, 5.74) is 0.835. The highest BCUT2D eigenvalue weighted by atomic mass is 35.5. The Morgan fingerprint density at radius 3 is 2.42 bits per heavy atom. The third-order valence-electron chi connectivity index (χ3n) is 4.78. The summed E-state index contributed by atoms with van der Waals surface area (Å²) < 4.78 is 0. The zero-order chi connectivity index (χ0) is 19.1. The maximum absolute atomic E-state index is 12.2. The van der Waals surface area contributed by atoms with Gasteiger partial charge in [-0.25, -0.2) is 0 Å².